The molecule has 2 fully saturated rings. The summed E-state index contributed by atoms with van der Waals surface area (Å²) in [5.41, 5.74) is 5.70. The average molecular weight is 639 g/mol. The average Bonchev–Trinajstić information content (AvgIpc) is 3.03. The Morgan fingerprint density at radius 2 is 1.62 bits per heavy atom. The number of ether oxygens (including phenoxy) is 1. The highest BCUT2D eigenvalue weighted by Gasteiger charge is 2.69. The Balaban J connectivity index is 1.34. The Morgan fingerprint density at radius 3 is 2.21 bits per heavy atom. The van der Waals surface area contributed by atoms with Crippen molar-refractivity contribution in [3.05, 3.63) is 82.9 Å². The first-order chi connectivity index (χ1) is 22.3. The SMILES string of the molecule is COc1ccc(C(=O)Cc2ccc(-c3ccc(O)c4c3C[C@H]3C[C@H]5C(N(C)C)C(=O)C(C(N)=O)C(=O)[C@@]5(O)C(=O)C3C4=O)cc2)cc1. The summed E-state index contributed by atoms with van der Waals surface area (Å²) in [7, 11) is 4.63. The standard InChI is InChI=1S/C36H34N2O9/c1-38(2)30-24-16-20-15-23-22(18-6-4-17(5-7-18)14-26(40)19-8-10-21(47-3)11-9-19)12-13-25(39)28(23)31(41)27(20)33(43)36(24,46)34(44)29(32(30)42)35(37)45/h4-13,20,24,27,29-30,39,46H,14-16H2,1-3H3,(H2,37,45)/t20-,24-,27?,29?,30?,36-/m0/s1. The van der Waals surface area contributed by atoms with Crippen LogP contribution in [0, 0.1) is 23.7 Å². The van der Waals surface area contributed by atoms with Crippen molar-refractivity contribution in [3.8, 4) is 22.6 Å². The fraction of sp³-hybridized carbons (Fsp3) is 0.333. The van der Waals surface area contributed by atoms with Crippen LogP contribution in [0.5, 0.6) is 11.5 Å². The number of amides is 1. The van der Waals surface area contributed by atoms with Crippen molar-refractivity contribution >= 4 is 34.8 Å². The van der Waals surface area contributed by atoms with Crippen molar-refractivity contribution in [3.63, 3.8) is 0 Å². The lowest BCUT2D eigenvalue weighted by atomic mass is 9.52. The number of carbonyl (C=O) groups is 6. The van der Waals surface area contributed by atoms with Gasteiger partial charge in [0.2, 0.25) is 5.91 Å². The number of nitrogens with two attached hydrogens (primary N) is 1. The third kappa shape index (κ3) is 4.97. The number of Topliss-reactive ketones (excluding diaryl/α,β-unsaturated/α-hetero) is 5. The molecule has 0 radical (unpaired) electrons. The quantitative estimate of drug-likeness (QED) is 0.256. The van der Waals surface area contributed by atoms with Crippen LogP contribution in [0.2, 0.25) is 0 Å². The number of hydrogen-bond donors (Lipinski definition) is 3. The second-order valence-corrected chi connectivity index (χ2v) is 12.8. The maximum atomic E-state index is 14.0. The topological polar surface area (TPSA) is 181 Å². The molecule has 242 valence electrons. The summed E-state index contributed by atoms with van der Waals surface area (Å²) >= 11 is 0. The van der Waals surface area contributed by atoms with Gasteiger partial charge in [-0.1, -0.05) is 30.3 Å². The van der Waals surface area contributed by atoms with Crippen molar-refractivity contribution < 1.29 is 43.7 Å². The fourth-order valence-corrected chi connectivity index (χ4v) is 7.74. The summed E-state index contributed by atoms with van der Waals surface area (Å²) in [4.78, 5) is 81.3. The first-order valence-electron chi connectivity index (χ1n) is 15.3. The van der Waals surface area contributed by atoms with Gasteiger partial charge in [0, 0.05) is 17.9 Å². The maximum Gasteiger partial charge on any atom is 0.235 e. The first kappa shape index (κ1) is 32.0. The molecule has 0 bridgehead atoms. The van der Waals surface area contributed by atoms with Gasteiger partial charge in [-0.15, -0.1) is 0 Å². The summed E-state index contributed by atoms with van der Waals surface area (Å²) in [5.74, 6) is -10.3. The van der Waals surface area contributed by atoms with Crippen LogP contribution in [0.1, 0.15) is 38.3 Å². The van der Waals surface area contributed by atoms with Crippen molar-refractivity contribution in [1.82, 2.24) is 4.90 Å². The number of likely N-dealkylation sites (N-methyl/N-ethyl adjacent to an activating group) is 1. The Hall–Kier alpha value is -5.00. The highest BCUT2D eigenvalue weighted by molar-refractivity contribution is 6.32. The monoisotopic (exact) mass is 638 g/mol. The molecule has 11 heteroatoms. The highest BCUT2D eigenvalue weighted by atomic mass is 16.5. The molecule has 3 aliphatic rings. The van der Waals surface area contributed by atoms with Gasteiger partial charge in [0.15, 0.2) is 40.4 Å². The minimum Gasteiger partial charge on any atom is -0.507 e. The number of carbonyl (C=O) groups excluding carboxylic acids is 6. The molecule has 0 heterocycles. The summed E-state index contributed by atoms with van der Waals surface area (Å²) < 4.78 is 5.15. The number of hydrogen-bond acceptors (Lipinski definition) is 10. The van der Waals surface area contributed by atoms with Crippen LogP contribution in [-0.2, 0) is 32.0 Å². The van der Waals surface area contributed by atoms with E-state index in [4.69, 9.17) is 10.5 Å². The predicted octanol–water partition coefficient (Wildman–Crippen LogP) is 1.97. The molecule has 3 aliphatic carbocycles. The zero-order chi connectivity index (χ0) is 33.9. The van der Waals surface area contributed by atoms with Crippen LogP contribution in [0.25, 0.3) is 11.1 Å². The number of phenolic OH excluding ortho intramolecular Hbond substituents is 1. The first-order valence-corrected chi connectivity index (χ1v) is 15.3. The number of rotatable bonds is 7. The second kappa shape index (κ2) is 11.7. The van der Waals surface area contributed by atoms with Crippen molar-refractivity contribution in [2.75, 3.05) is 21.2 Å². The predicted molar refractivity (Wildman–Crippen MR) is 168 cm³/mol. The second-order valence-electron chi connectivity index (χ2n) is 12.8. The Morgan fingerprint density at radius 1 is 0.957 bits per heavy atom. The molecule has 4 N–H and O–H groups in total. The number of ketones is 5. The minimum atomic E-state index is -2.77. The third-order valence-corrected chi connectivity index (χ3v) is 9.99. The van der Waals surface area contributed by atoms with E-state index in [0.29, 0.717) is 28.0 Å². The van der Waals surface area contributed by atoms with Crippen LogP contribution < -0.4 is 10.5 Å². The number of benzene rings is 3. The molecule has 0 aromatic heterocycles. The smallest absolute Gasteiger partial charge is 0.235 e. The molecule has 1 amide bonds. The van der Waals surface area contributed by atoms with Gasteiger partial charge in [-0.2, -0.15) is 0 Å². The Kier molecular flexibility index (Phi) is 7.93. The molecule has 3 aromatic rings. The van der Waals surface area contributed by atoms with Crippen LogP contribution in [0.4, 0.5) is 0 Å². The minimum absolute atomic E-state index is 0.0363. The number of nitrogens with zero attached hydrogens (tertiary/aromatic N) is 1. The molecular formula is C36H34N2O9. The van der Waals surface area contributed by atoms with E-state index in [-0.39, 0.29) is 36.4 Å². The molecule has 2 saturated carbocycles. The molecule has 6 rings (SSSR count). The van der Waals surface area contributed by atoms with Crippen LogP contribution >= 0.6 is 0 Å². The van der Waals surface area contributed by atoms with E-state index in [2.05, 4.69) is 0 Å². The van der Waals surface area contributed by atoms with Crippen molar-refractivity contribution in [2.24, 2.45) is 29.4 Å². The van der Waals surface area contributed by atoms with Gasteiger partial charge in [-0.25, -0.2) is 0 Å². The van der Waals surface area contributed by atoms with Crippen molar-refractivity contribution in [1.29, 1.82) is 0 Å². The molecule has 0 saturated heterocycles. The summed E-state index contributed by atoms with van der Waals surface area (Å²) in [5, 5.41) is 22.6. The number of aromatic hydroxyl groups is 1. The largest absolute Gasteiger partial charge is 0.507 e. The third-order valence-electron chi connectivity index (χ3n) is 9.99. The Bertz CT molecular complexity index is 1850. The molecule has 11 nitrogen and oxygen atoms in total. The lowest BCUT2D eigenvalue weighted by molar-refractivity contribution is -0.181. The molecular weight excluding hydrogens is 604 g/mol. The maximum absolute atomic E-state index is 14.0. The van der Waals surface area contributed by atoms with E-state index in [1.807, 2.05) is 24.3 Å². The molecule has 0 aliphatic heterocycles. The zero-order valence-electron chi connectivity index (χ0n) is 26.1. The normalized spacial score (nSPS) is 26.8. The number of primary amides is 1. The molecule has 3 aromatic carbocycles. The van der Waals surface area contributed by atoms with Gasteiger partial charge in [-0.05, 0) is 85.4 Å². The van der Waals surface area contributed by atoms with Gasteiger partial charge in [0.1, 0.15) is 11.5 Å². The van der Waals surface area contributed by atoms with E-state index in [1.165, 1.54) is 11.0 Å². The number of fused-ring (bicyclic) bond motifs is 3. The number of phenols is 1. The van der Waals surface area contributed by atoms with Crippen molar-refractivity contribution in [2.45, 2.75) is 30.9 Å². The number of aliphatic hydroxyl groups is 1. The molecule has 6 atom stereocenters. The van der Waals surface area contributed by atoms with Gasteiger partial charge < -0.3 is 20.7 Å². The Labute approximate surface area is 270 Å². The van der Waals surface area contributed by atoms with E-state index in [9.17, 15) is 39.0 Å². The molecule has 0 spiro atoms. The summed E-state index contributed by atoms with van der Waals surface area (Å²) in [6.45, 7) is 0. The zero-order valence-corrected chi connectivity index (χ0v) is 26.1. The lowest BCUT2D eigenvalue weighted by Gasteiger charge is -2.52. The van der Waals surface area contributed by atoms with E-state index < -0.39 is 64.4 Å². The molecule has 47 heavy (non-hydrogen) atoms. The van der Waals surface area contributed by atoms with Crippen LogP contribution in [0.3, 0.4) is 0 Å². The van der Waals surface area contributed by atoms with E-state index in [1.54, 1.807) is 51.5 Å². The van der Waals surface area contributed by atoms with Crippen LogP contribution in [-0.4, -0.2) is 82.8 Å². The fourth-order valence-electron chi connectivity index (χ4n) is 7.74. The van der Waals surface area contributed by atoms with Gasteiger partial charge in [0.25, 0.3) is 0 Å². The van der Waals surface area contributed by atoms with Gasteiger partial charge >= 0.3 is 0 Å². The summed E-state index contributed by atoms with van der Waals surface area (Å²) in [6, 6.07) is 16.0. The summed E-state index contributed by atoms with van der Waals surface area (Å²) in [6.07, 6.45) is 0.273. The van der Waals surface area contributed by atoms with E-state index >= 15 is 0 Å². The van der Waals surface area contributed by atoms with E-state index in [0.717, 1.165) is 5.56 Å². The number of methoxy groups -OCH3 is 1. The highest BCUT2D eigenvalue weighted by Crippen LogP contribution is 2.51. The van der Waals surface area contributed by atoms with Gasteiger partial charge in [0.05, 0.1) is 24.6 Å². The van der Waals surface area contributed by atoms with Crippen LogP contribution in [0.15, 0.2) is 60.7 Å². The lowest BCUT2D eigenvalue weighted by Crippen LogP contribution is -2.74. The van der Waals surface area contributed by atoms with Gasteiger partial charge in [-0.3, -0.25) is 33.7 Å². The molecule has 3 unspecified atom stereocenters.